The van der Waals surface area contributed by atoms with Crippen molar-refractivity contribution in [2.45, 2.75) is 46.5 Å². The fourth-order valence-corrected chi connectivity index (χ4v) is 1.99. The largest absolute Gasteiger partial charge is 0.393 e. The topological polar surface area (TPSA) is 49.6 Å². The number of nitrogens with zero attached hydrogens (tertiary/aromatic N) is 2. The Morgan fingerprint density at radius 1 is 1.05 bits per heavy atom. The summed E-state index contributed by atoms with van der Waals surface area (Å²) in [5.74, 6) is 0.227. The smallest absolute Gasteiger partial charge is 0.222 e. The molecule has 0 unspecified atom stereocenters. The molecule has 0 rings (SSSR count). The van der Waals surface area contributed by atoms with Gasteiger partial charge in [0.25, 0.3) is 0 Å². The number of unbranched alkanes of at least 4 members (excludes halogenated alkanes) is 1. The summed E-state index contributed by atoms with van der Waals surface area (Å²) in [6.07, 6.45) is 3.25. The molecule has 1 amide bonds. The third kappa shape index (κ3) is 8.94. The van der Waals surface area contributed by atoms with Gasteiger partial charge in [0.1, 0.15) is 0 Å². The lowest BCUT2D eigenvalue weighted by Crippen LogP contribution is -2.40. The van der Waals surface area contributed by atoms with Crippen molar-refractivity contribution >= 4 is 23.1 Å². The first-order valence-corrected chi connectivity index (χ1v) is 7.74. The number of thiocarbonyl (C=S) groups is 1. The maximum Gasteiger partial charge on any atom is 0.222 e. The zero-order valence-electron chi connectivity index (χ0n) is 12.7. The molecular formula is C14H29N3OS. The van der Waals surface area contributed by atoms with E-state index in [0.29, 0.717) is 24.4 Å². The molecule has 0 aliphatic rings. The van der Waals surface area contributed by atoms with E-state index in [9.17, 15) is 4.79 Å². The van der Waals surface area contributed by atoms with Crippen LogP contribution in [0, 0.1) is 0 Å². The minimum Gasteiger partial charge on any atom is -0.393 e. The molecule has 5 heteroatoms. The lowest BCUT2D eigenvalue weighted by atomic mass is 10.2. The van der Waals surface area contributed by atoms with Crippen molar-refractivity contribution in [1.29, 1.82) is 0 Å². The molecule has 0 heterocycles. The Balaban J connectivity index is 4.30. The molecule has 0 aromatic carbocycles. The Kier molecular flexibility index (Phi) is 10.8. The number of rotatable bonds is 11. The normalized spacial score (nSPS) is 10.7. The van der Waals surface area contributed by atoms with Gasteiger partial charge in [0.15, 0.2) is 0 Å². The van der Waals surface area contributed by atoms with Gasteiger partial charge in [-0.3, -0.25) is 4.79 Å². The maximum absolute atomic E-state index is 12.1. The van der Waals surface area contributed by atoms with Crippen LogP contribution in [-0.2, 0) is 4.79 Å². The Hall–Kier alpha value is -0.680. The molecule has 0 aliphatic heterocycles. The van der Waals surface area contributed by atoms with E-state index in [1.807, 2.05) is 4.90 Å². The van der Waals surface area contributed by atoms with Crippen molar-refractivity contribution in [3.63, 3.8) is 0 Å². The highest BCUT2D eigenvalue weighted by Gasteiger charge is 2.13. The van der Waals surface area contributed by atoms with E-state index in [4.69, 9.17) is 18.0 Å². The molecule has 0 saturated carbocycles. The first-order valence-electron chi connectivity index (χ1n) is 7.33. The van der Waals surface area contributed by atoms with Crippen LogP contribution in [0.4, 0.5) is 0 Å². The zero-order valence-corrected chi connectivity index (χ0v) is 13.5. The van der Waals surface area contributed by atoms with Gasteiger partial charge in [-0.1, -0.05) is 39.4 Å². The van der Waals surface area contributed by atoms with Crippen molar-refractivity contribution in [3.05, 3.63) is 0 Å². The van der Waals surface area contributed by atoms with Gasteiger partial charge in [-0.15, -0.1) is 0 Å². The highest BCUT2D eigenvalue weighted by molar-refractivity contribution is 7.80. The minimum absolute atomic E-state index is 0.227. The third-order valence-corrected chi connectivity index (χ3v) is 3.51. The lowest BCUT2D eigenvalue weighted by molar-refractivity contribution is -0.131. The fraction of sp³-hybridized carbons (Fsp3) is 0.857. The highest BCUT2D eigenvalue weighted by Crippen LogP contribution is 2.03. The number of carbonyl (C=O) groups excluding carboxylic acids is 1. The van der Waals surface area contributed by atoms with Crippen molar-refractivity contribution in [1.82, 2.24) is 9.80 Å². The van der Waals surface area contributed by atoms with Crippen molar-refractivity contribution < 1.29 is 4.79 Å². The van der Waals surface area contributed by atoms with Crippen LogP contribution in [0.15, 0.2) is 0 Å². The van der Waals surface area contributed by atoms with Crippen LogP contribution in [0.5, 0.6) is 0 Å². The molecule has 0 aromatic rings. The van der Waals surface area contributed by atoms with Crippen LogP contribution in [0.25, 0.3) is 0 Å². The summed E-state index contributed by atoms with van der Waals surface area (Å²) in [5.41, 5.74) is 5.53. The predicted molar refractivity (Wildman–Crippen MR) is 85.3 cm³/mol. The highest BCUT2D eigenvalue weighted by atomic mass is 32.1. The molecule has 0 bridgehead atoms. The quantitative estimate of drug-likeness (QED) is 0.591. The first-order chi connectivity index (χ1) is 9.04. The number of hydrogen-bond acceptors (Lipinski definition) is 3. The van der Waals surface area contributed by atoms with Crippen LogP contribution in [0.3, 0.4) is 0 Å². The lowest BCUT2D eigenvalue weighted by Gasteiger charge is -2.26. The zero-order chi connectivity index (χ0) is 14.7. The molecule has 0 fully saturated rings. The van der Waals surface area contributed by atoms with E-state index in [2.05, 4.69) is 25.7 Å². The molecule has 112 valence electrons. The fourth-order valence-electron chi connectivity index (χ4n) is 1.89. The number of amides is 1. The van der Waals surface area contributed by atoms with E-state index in [1.165, 1.54) is 0 Å². The second-order valence-corrected chi connectivity index (χ2v) is 5.25. The van der Waals surface area contributed by atoms with E-state index in [-0.39, 0.29) is 5.91 Å². The summed E-state index contributed by atoms with van der Waals surface area (Å²) in [6, 6.07) is 0. The SMILES string of the molecule is CCCCC(=O)N(CCC(N)=S)CCN(CC)CC. The molecule has 2 N–H and O–H groups in total. The molecule has 19 heavy (non-hydrogen) atoms. The summed E-state index contributed by atoms with van der Waals surface area (Å²) in [4.78, 5) is 16.8. The van der Waals surface area contributed by atoms with Gasteiger partial charge in [-0.2, -0.15) is 0 Å². The number of hydrogen-bond donors (Lipinski definition) is 1. The second-order valence-electron chi connectivity index (χ2n) is 4.73. The molecule has 0 atom stereocenters. The molecule has 0 radical (unpaired) electrons. The number of likely N-dealkylation sites (N-methyl/N-ethyl adjacent to an activating group) is 1. The van der Waals surface area contributed by atoms with Crippen molar-refractivity contribution in [3.8, 4) is 0 Å². The molecule has 0 saturated heterocycles. The van der Waals surface area contributed by atoms with Crippen molar-refractivity contribution in [2.24, 2.45) is 5.73 Å². The molecule has 0 aliphatic carbocycles. The van der Waals surface area contributed by atoms with Gasteiger partial charge < -0.3 is 15.5 Å². The maximum atomic E-state index is 12.1. The van der Waals surface area contributed by atoms with Crippen LogP contribution in [-0.4, -0.2) is 53.4 Å². The Morgan fingerprint density at radius 2 is 1.68 bits per heavy atom. The average molecular weight is 287 g/mol. The molecule has 4 nitrogen and oxygen atoms in total. The van der Waals surface area contributed by atoms with Gasteiger partial charge in [0, 0.05) is 32.5 Å². The van der Waals surface area contributed by atoms with Crippen molar-refractivity contribution in [2.75, 3.05) is 32.7 Å². The van der Waals surface area contributed by atoms with Crippen LogP contribution >= 0.6 is 12.2 Å². The van der Waals surface area contributed by atoms with Gasteiger partial charge in [0.2, 0.25) is 5.91 Å². The van der Waals surface area contributed by atoms with Crippen LogP contribution in [0.1, 0.15) is 46.5 Å². The Bertz CT molecular complexity index is 267. The summed E-state index contributed by atoms with van der Waals surface area (Å²) >= 11 is 4.90. The summed E-state index contributed by atoms with van der Waals surface area (Å²) < 4.78 is 0. The summed E-state index contributed by atoms with van der Waals surface area (Å²) in [6.45, 7) is 10.8. The van der Waals surface area contributed by atoms with E-state index in [0.717, 1.165) is 39.0 Å². The standard InChI is InChI=1S/C14H29N3OS/c1-4-7-8-14(18)17(10-9-13(15)19)12-11-16(5-2)6-3/h4-12H2,1-3H3,(H2,15,19). The molecule has 0 aromatic heterocycles. The van der Waals surface area contributed by atoms with Gasteiger partial charge in [-0.25, -0.2) is 0 Å². The van der Waals surface area contributed by atoms with E-state index >= 15 is 0 Å². The molecule has 0 spiro atoms. The number of nitrogens with two attached hydrogens (primary N) is 1. The average Bonchev–Trinajstić information content (AvgIpc) is 2.40. The number of carbonyl (C=O) groups is 1. The predicted octanol–water partition coefficient (Wildman–Crippen LogP) is 2.02. The third-order valence-electron chi connectivity index (χ3n) is 3.31. The Labute approximate surface area is 123 Å². The van der Waals surface area contributed by atoms with Crippen LogP contribution in [0.2, 0.25) is 0 Å². The van der Waals surface area contributed by atoms with Gasteiger partial charge in [-0.05, 0) is 19.5 Å². The van der Waals surface area contributed by atoms with E-state index < -0.39 is 0 Å². The van der Waals surface area contributed by atoms with Gasteiger partial charge >= 0.3 is 0 Å². The summed E-state index contributed by atoms with van der Waals surface area (Å²) in [5, 5.41) is 0. The first kappa shape index (κ1) is 18.3. The van der Waals surface area contributed by atoms with E-state index in [1.54, 1.807) is 0 Å². The summed E-state index contributed by atoms with van der Waals surface area (Å²) in [7, 11) is 0. The Morgan fingerprint density at radius 3 is 2.16 bits per heavy atom. The van der Waals surface area contributed by atoms with Crippen LogP contribution < -0.4 is 5.73 Å². The molecular weight excluding hydrogens is 258 g/mol. The second kappa shape index (κ2) is 11.2. The minimum atomic E-state index is 0.227. The van der Waals surface area contributed by atoms with Gasteiger partial charge in [0.05, 0.1) is 4.99 Å². The monoisotopic (exact) mass is 287 g/mol.